The maximum atomic E-state index is 12.2. The lowest BCUT2D eigenvalue weighted by Crippen LogP contribution is -2.42. The topological polar surface area (TPSA) is 44.4 Å². The van der Waals surface area contributed by atoms with Gasteiger partial charge in [-0.15, -0.1) is 0 Å². The standard InChI is InChI=1S/C17H27N3O/c1-12-6-5-9-18-15(12)11-17(21)19-14-8-7-13(2)16(10-14)20(3)4/h7-8,10,12,15,18H,5-6,9,11H2,1-4H3,(H,19,21). The van der Waals surface area contributed by atoms with E-state index in [0.717, 1.165) is 17.9 Å². The van der Waals surface area contributed by atoms with Gasteiger partial charge < -0.3 is 15.5 Å². The number of aryl methyl sites for hydroxylation is 1. The molecule has 1 saturated heterocycles. The van der Waals surface area contributed by atoms with Crippen LogP contribution >= 0.6 is 0 Å². The van der Waals surface area contributed by atoms with Crippen molar-refractivity contribution in [1.29, 1.82) is 0 Å². The number of amides is 1. The molecule has 4 nitrogen and oxygen atoms in total. The molecular formula is C17H27N3O. The van der Waals surface area contributed by atoms with Crippen molar-refractivity contribution in [2.45, 2.75) is 39.2 Å². The molecule has 1 fully saturated rings. The summed E-state index contributed by atoms with van der Waals surface area (Å²) in [5.74, 6) is 0.662. The minimum absolute atomic E-state index is 0.0924. The molecule has 1 aromatic rings. The number of nitrogens with zero attached hydrogens (tertiary/aromatic N) is 1. The average molecular weight is 289 g/mol. The average Bonchev–Trinajstić information content (AvgIpc) is 2.43. The third kappa shape index (κ3) is 4.21. The molecule has 0 saturated carbocycles. The van der Waals surface area contributed by atoms with Crippen molar-refractivity contribution in [1.82, 2.24) is 5.32 Å². The molecule has 0 bridgehead atoms. The van der Waals surface area contributed by atoms with Gasteiger partial charge in [-0.05, 0) is 49.9 Å². The second-order valence-corrected chi connectivity index (χ2v) is 6.33. The van der Waals surface area contributed by atoms with Gasteiger partial charge in [-0.1, -0.05) is 13.0 Å². The lowest BCUT2D eigenvalue weighted by Gasteiger charge is -2.29. The van der Waals surface area contributed by atoms with E-state index in [9.17, 15) is 4.79 Å². The molecular weight excluding hydrogens is 262 g/mol. The Kier molecular flexibility index (Phi) is 5.23. The van der Waals surface area contributed by atoms with Gasteiger partial charge in [0.25, 0.3) is 0 Å². The number of nitrogens with one attached hydrogen (secondary N) is 2. The maximum Gasteiger partial charge on any atom is 0.225 e. The van der Waals surface area contributed by atoms with Gasteiger partial charge in [0.05, 0.1) is 0 Å². The third-order valence-electron chi connectivity index (χ3n) is 4.31. The molecule has 0 aromatic heterocycles. The zero-order valence-electron chi connectivity index (χ0n) is 13.6. The van der Waals surface area contributed by atoms with E-state index in [0.29, 0.717) is 18.4 Å². The summed E-state index contributed by atoms with van der Waals surface area (Å²) in [6.45, 7) is 5.33. The van der Waals surface area contributed by atoms with Crippen LogP contribution in [0.1, 0.15) is 31.7 Å². The first-order chi connectivity index (χ1) is 9.97. The number of piperidine rings is 1. The largest absolute Gasteiger partial charge is 0.377 e. The summed E-state index contributed by atoms with van der Waals surface area (Å²) in [5.41, 5.74) is 3.22. The fourth-order valence-corrected chi connectivity index (χ4v) is 2.97. The number of anilines is 2. The van der Waals surface area contributed by atoms with E-state index in [1.807, 2.05) is 32.3 Å². The zero-order chi connectivity index (χ0) is 15.4. The molecule has 2 atom stereocenters. The van der Waals surface area contributed by atoms with Crippen molar-refractivity contribution >= 4 is 17.3 Å². The van der Waals surface area contributed by atoms with E-state index in [2.05, 4.69) is 29.4 Å². The Labute approximate surface area is 127 Å². The molecule has 116 valence electrons. The predicted molar refractivity (Wildman–Crippen MR) is 88.9 cm³/mol. The highest BCUT2D eigenvalue weighted by atomic mass is 16.1. The Hall–Kier alpha value is -1.55. The summed E-state index contributed by atoms with van der Waals surface area (Å²) in [6, 6.07) is 6.35. The minimum atomic E-state index is 0.0924. The Morgan fingerprint density at radius 2 is 2.19 bits per heavy atom. The second-order valence-electron chi connectivity index (χ2n) is 6.33. The van der Waals surface area contributed by atoms with Gasteiger partial charge in [-0.25, -0.2) is 0 Å². The molecule has 2 N–H and O–H groups in total. The van der Waals surface area contributed by atoms with E-state index in [1.54, 1.807) is 0 Å². The van der Waals surface area contributed by atoms with E-state index < -0.39 is 0 Å². The van der Waals surface area contributed by atoms with Crippen molar-refractivity contribution in [2.24, 2.45) is 5.92 Å². The second kappa shape index (κ2) is 6.94. The highest BCUT2D eigenvalue weighted by Crippen LogP contribution is 2.23. The molecule has 2 rings (SSSR count). The fourth-order valence-electron chi connectivity index (χ4n) is 2.97. The van der Waals surface area contributed by atoms with Gasteiger partial charge in [0.15, 0.2) is 0 Å². The van der Waals surface area contributed by atoms with Gasteiger partial charge >= 0.3 is 0 Å². The van der Waals surface area contributed by atoms with E-state index in [1.165, 1.54) is 18.4 Å². The van der Waals surface area contributed by atoms with E-state index in [-0.39, 0.29) is 5.91 Å². The molecule has 1 amide bonds. The molecule has 1 aliphatic heterocycles. The molecule has 1 heterocycles. The molecule has 4 heteroatoms. The highest BCUT2D eigenvalue weighted by Gasteiger charge is 2.23. The number of carbonyl (C=O) groups is 1. The fraction of sp³-hybridized carbons (Fsp3) is 0.588. The van der Waals surface area contributed by atoms with Crippen molar-refractivity contribution < 1.29 is 4.79 Å². The lowest BCUT2D eigenvalue weighted by atomic mass is 9.90. The van der Waals surface area contributed by atoms with Crippen molar-refractivity contribution in [2.75, 3.05) is 30.9 Å². The highest BCUT2D eigenvalue weighted by molar-refractivity contribution is 5.91. The van der Waals surface area contributed by atoms with Gasteiger partial charge in [0, 0.05) is 37.9 Å². The van der Waals surface area contributed by atoms with Crippen LogP contribution in [0.5, 0.6) is 0 Å². The Balaban J connectivity index is 1.97. The zero-order valence-corrected chi connectivity index (χ0v) is 13.6. The Bertz CT molecular complexity index is 499. The van der Waals surface area contributed by atoms with Crippen LogP contribution in [0.4, 0.5) is 11.4 Å². The number of carbonyl (C=O) groups excluding carboxylic acids is 1. The maximum absolute atomic E-state index is 12.2. The van der Waals surface area contributed by atoms with Crippen molar-refractivity contribution in [3.05, 3.63) is 23.8 Å². The predicted octanol–water partition coefficient (Wildman–Crippen LogP) is 2.78. The quantitative estimate of drug-likeness (QED) is 0.896. The van der Waals surface area contributed by atoms with Crippen LogP contribution in [0, 0.1) is 12.8 Å². The van der Waals surface area contributed by atoms with E-state index in [4.69, 9.17) is 0 Å². The van der Waals surface area contributed by atoms with E-state index >= 15 is 0 Å². The molecule has 0 aliphatic carbocycles. The monoisotopic (exact) mass is 289 g/mol. The van der Waals surface area contributed by atoms with Crippen molar-refractivity contribution in [3.8, 4) is 0 Å². The van der Waals surface area contributed by atoms with Gasteiger partial charge in [-0.2, -0.15) is 0 Å². The van der Waals surface area contributed by atoms with Crippen LogP contribution < -0.4 is 15.5 Å². The molecule has 21 heavy (non-hydrogen) atoms. The van der Waals surface area contributed by atoms with Crippen LogP contribution in [0.3, 0.4) is 0 Å². The summed E-state index contributed by atoms with van der Waals surface area (Å²) >= 11 is 0. The summed E-state index contributed by atoms with van der Waals surface area (Å²) in [5, 5.41) is 6.48. The van der Waals surface area contributed by atoms with Crippen LogP contribution in [-0.2, 0) is 4.79 Å². The number of hydrogen-bond acceptors (Lipinski definition) is 3. The molecule has 0 radical (unpaired) electrons. The van der Waals surface area contributed by atoms with Gasteiger partial charge in [0.1, 0.15) is 0 Å². The van der Waals surface area contributed by atoms with Crippen LogP contribution in [0.25, 0.3) is 0 Å². The first kappa shape index (κ1) is 15.8. The van der Waals surface area contributed by atoms with Gasteiger partial charge in [0.2, 0.25) is 5.91 Å². The Morgan fingerprint density at radius 3 is 2.86 bits per heavy atom. The smallest absolute Gasteiger partial charge is 0.225 e. The number of benzene rings is 1. The third-order valence-corrected chi connectivity index (χ3v) is 4.31. The molecule has 0 spiro atoms. The summed E-state index contributed by atoms with van der Waals surface area (Å²) in [4.78, 5) is 14.3. The first-order valence-corrected chi connectivity index (χ1v) is 7.78. The molecule has 2 unspecified atom stereocenters. The van der Waals surface area contributed by atoms with Gasteiger partial charge in [-0.3, -0.25) is 4.79 Å². The molecule has 1 aliphatic rings. The lowest BCUT2D eigenvalue weighted by molar-refractivity contribution is -0.117. The summed E-state index contributed by atoms with van der Waals surface area (Å²) < 4.78 is 0. The normalized spacial score (nSPS) is 21.9. The number of rotatable bonds is 4. The first-order valence-electron chi connectivity index (χ1n) is 7.78. The molecule has 1 aromatic carbocycles. The van der Waals surface area contributed by atoms with Crippen LogP contribution in [-0.4, -0.2) is 32.6 Å². The number of hydrogen-bond donors (Lipinski definition) is 2. The van der Waals surface area contributed by atoms with Crippen LogP contribution in [0.15, 0.2) is 18.2 Å². The summed E-state index contributed by atoms with van der Waals surface area (Å²) in [6.07, 6.45) is 2.97. The van der Waals surface area contributed by atoms with Crippen molar-refractivity contribution in [3.63, 3.8) is 0 Å². The minimum Gasteiger partial charge on any atom is -0.377 e. The summed E-state index contributed by atoms with van der Waals surface area (Å²) in [7, 11) is 4.03. The Morgan fingerprint density at radius 1 is 1.43 bits per heavy atom. The van der Waals surface area contributed by atoms with Crippen LogP contribution in [0.2, 0.25) is 0 Å². The SMILES string of the molecule is Cc1ccc(NC(=O)CC2NCCCC2C)cc1N(C)C.